The van der Waals surface area contributed by atoms with Gasteiger partial charge in [0.2, 0.25) is 5.91 Å². The molecule has 0 aromatic heterocycles. The van der Waals surface area contributed by atoms with E-state index in [0.717, 1.165) is 12.8 Å². The minimum Gasteiger partial charge on any atom is -0.443 e. The summed E-state index contributed by atoms with van der Waals surface area (Å²) in [6.07, 6.45) is 3.45. The van der Waals surface area contributed by atoms with Crippen LogP contribution < -0.4 is 16.0 Å². The van der Waals surface area contributed by atoms with Crippen molar-refractivity contribution < 1.29 is 28.5 Å². The fourth-order valence-electron chi connectivity index (χ4n) is 4.84. The number of epoxide rings is 2. The Kier molecular flexibility index (Phi) is 7.62. The van der Waals surface area contributed by atoms with Gasteiger partial charge in [-0.3, -0.25) is 4.79 Å². The molecule has 6 atom stereocenters. The van der Waals surface area contributed by atoms with Gasteiger partial charge in [-0.1, -0.05) is 11.6 Å². The number of rotatable bonds is 10. The summed E-state index contributed by atoms with van der Waals surface area (Å²) in [4.78, 5) is 23.8. The Morgan fingerprint density at radius 1 is 1.23 bits per heavy atom. The molecule has 9 nitrogen and oxygen atoms in total. The Morgan fingerprint density at radius 2 is 1.94 bits per heavy atom. The third-order valence-electron chi connectivity index (χ3n) is 6.55. The lowest BCUT2D eigenvalue weighted by molar-refractivity contribution is -0.120. The van der Waals surface area contributed by atoms with E-state index in [1.807, 2.05) is 0 Å². The van der Waals surface area contributed by atoms with Crippen molar-refractivity contribution in [1.29, 1.82) is 0 Å². The number of likely N-dealkylation sites (N-methyl/N-ethyl adjacent to an activating group) is 1. The standard InChI is InChI=1S/C22H37N3O6/c1-14(2)6-7-16-21(3,31-16)19-18(28-5)15(8-9-22(19)13-29-22)30-20(27)25-11-10-24-17(26)12-23-4/h6,15-16,18-19,23H,7-13H2,1-5H3,(H,24,26)(H,25,27)/t15?,16-,18?,19?,21+,22+/m1/s1. The summed E-state index contributed by atoms with van der Waals surface area (Å²) in [6, 6.07) is 0. The summed E-state index contributed by atoms with van der Waals surface area (Å²) in [6.45, 7) is 7.84. The van der Waals surface area contributed by atoms with Gasteiger partial charge in [0.1, 0.15) is 23.4 Å². The molecule has 3 rings (SSSR count). The predicted molar refractivity (Wildman–Crippen MR) is 115 cm³/mol. The second-order valence-corrected chi connectivity index (χ2v) is 9.13. The third kappa shape index (κ3) is 5.58. The topological polar surface area (TPSA) is 114 Å². The molecular formula is C22H37N3O6. The Morgan fingerprint density at radius 3 is 2.55 bits per heavy atom. The van der Waals surface area contributed by atoms with Crippen LogP contribution in [0.25, 0.3) is 0 Å². The van der Waals surface area contributed by atoms with Crippen molar-refractivity contribution in [3.05, 3.63) is 11.6 Å². The molecule has 0 radical (unpaired) electrons. The summed E-state index contributed by atoms with van der Waals surface area (Å²) >= 11 is 0. The zero-order valence-corrected chi connectivity index (χ0v) is 19.3. The van der Waals surface area contributed by atoms with Gasteiger partial charge >= 0.3 is 6.09 Å². The van der Waals surface area contributed by atoms with Gasteiger partial charge < -0.3 is 34.9 Å². The maximum atomic E-state index is 12.3. The number of carbonyl (C=O) groups excluding carboxylic acids is 2. The second-order valence-electron chi connectivity index (χ2n) is 9.13. The van der Waals surface area contributed by atoms with Gasteiger partial charge in [0, 0.05) is 20.2 Å². The molecule has 2 aliphatic heterocycles. The molecule has 2 amide bonds. The van der Waals surface area contributed by atoms with Gasteiger partial charge in [0.15, 0.2) is 0 Å². The lowest BCUT2D eigenvalue weighted by atomic mass is 9.68. The molecule has 31 heavy (non-hydrogen) atoms. The van der Waals surface area contributed by atoms with Crippen LogP contribution in [-0.2, 0) is 23.7 Å². The van der Waals surface area contributed by atoms with E-state index >= 15 is 0 Å². The summed E-state index contributed by atoms with van der Waals surface area (Å²) < 4.78 is 23.7. The first-order valence-electron chi connectivity index (χ1n) is 11.1. The molecule has 3 N–H and O–H groups in total. The smallest absolute Gasteiger partial charge is 0.407 e. The van der Waals surface area contributed by atoms with Gasteiger partial charge in [-0.05, 0) is 47.1 Å². The van der Waals surface area contributed by atoms with E-state index in [1.165, 1.54) is 5.57 Å². The monoisotopic (exact) mass is 439 g/mol. The van der Waals surface area contributed by atoms with E-state index in [4.69, 9.17) is 18.9 Å². The molecule has 3 fully saturated rings. The molecule has 1 aliphatic carbocycles. The summed E-state index contributed by atoms with van der Waals surface area (Å²) in [5.41, 5.74) is 0.657. The van der Waals surface area contributed by atoms with Crippen molar-refractivity contribution in [2.75, 3.05) is 40.4 Å². The van der Waals surface area contributed by atoms with Crippen LogP contribution in [0.3, 0.4) is 0 Å². The minimum atomic E-state index is -0.510. The van der Waals surface area contributed by atoms with Gasteiger partial charge in [-0.2, -0.15) is 0 Å². The number of amides is 2. The molecule has 1 saturated carbocycles. The second kappa shape index (κ2) is 9.85. The molecule has 3 unspecified atom stereocenters. The fourth-order valence-corrected chi connectivity index (χ4v) is 4.84. The largest absolute Gasteiger partial charge is 0.443 e. The van der Waals surface area contributed by atoms with Crippen LogP contribution >= 0.6 is 0 Å². The molecule has 0 bridgehead atoms. The van der Waals surface area contributed by atoms with E-state index in [0.29, 0.717) is 26.1 Å². The van der Waals surface area contributed by atoms with Crippen molar-refractivity contribution in [2.24, 2.45) is 5.92 Å². The fraction of sp³-hybridized carbons (Fsp3) is 0.818. The maximum absolute atomic E-state index is 12.3. The number of methoxy groups -OCH3 is 1. The first-order chi connectivity index (χ1) is 14.8. The highest BCUT2D eigenvalue weighted by Gasteiger charge is 2.72. The predicted octanol–water partition coefficient (Wildman–Crippen LogP) is 1.12. The first-order valence-corrected chi connectivity index (χ1v) is 11.1. The van der Waals surface area contributed by atoms with Crippen molar-refractivity contribution >= 4 is 12.0 Å². The van der Waals surface area contributed by atoms with Gasteiger partial charge in [-0.25, -0.2) is 4.79 Å². The average Bonchev–Trinajstić information content (AvgIpc) is 3.63. The lowest BCUT2D eigenvalue weighted by Gasteiger charge is -2.42. The Hall–Kier alpha value is -1.68. The van der Waals surface area contributed by atoms with Crippen LogP contribution in [0.5, 0.6) is 0 Å². The van der Waals surface area contributed by atoms with Crippen molar-refractivity contribution in [2.45, 2.75) is 69.5 Å². The summed E-state index contributed by atoms with van der Waals surface area (Å²) in [5, 5.41) is 8.17. The zero-order valence-electron chi connectivity index (χ0n) is 19.3. The number of ether oxygens (including phenoxy) is 4. The molecule has 2 saturated heterocycles. The molecule has 9 heteroatoms. The number of nitrogens with one attached hydrogen (secondary N) is 3. The SMILES string of the molecule is CNCC(=O)NCCNC(=O)OC1CC[C@]2(CO2)C([C@@]2(C)O[C@@H]2CC=C(C)C)C1OC. The van der Waals surface area contributed by atoms with Gasteiger partial charge in [0.05, 0.1) is 25.2 Å². The zero-order chi connectivity index (χ0) is 22.6. The molecule has 3 aliphatic rings. The van der Waals surface area contributed by atoms with E-state index in [2.05, 4.69) is 42.8 Å². The number of hydrogen-bond acceptors (Lipinski definition) is 7. The summed E-state index contributed by atoms with van der Waals surface area (Å²) in [5.74, 6) is -0.129. The highest BCUT2D eigenvalue weighted by Crippen LogP contribution is 2.59. The van der Waals surface area contributed by atoms with Crippen LogP contribution in [0, 0.1) is 5.92 Å². The minimum absolute atomic E-state index is 0.00653. The Balaban J connectivity index is 1.56. The molecule has 0 aromatic rings. The first kappa shape index (κ1) is 24.0. The lowest BCUT2D eigenvalue weighted by Crippen LogP contribution is -2.56. The van der Waals surface area contributed by atoms with Crippen LogP contribution in [0.4, 0.5) is 4.79 Å². The normalized spacial score (nSPS) is 35.9. The highest BCUT2D eigenvalue weighted by molar-refractivity contribution is 5.78. The number of hydrogen-bond donors (Lipinski definition) is 3. The molecule has 176 valence electrons. The number of alkyl carbamates (subject to hydrolysis) is 1. The van der Waals surface area contributed by atoms with Crippen molar-refractivity contribution in [3.63, 3.8) is 0 Å². The third-order valence-corrected chi connectivity index (χ3v) is 6.55. The number of allylic oxidation sites excluding steroid dienone is 1. The van der Waals surface area contributed by atoms with Crippen molar-refractivity contribution in [1.82, 2.24) is 16.0 Å². The van der Waals surface area contributed by atoms with E-state index in [9.17, 15) is 9.59 Å². The van der Waals surface area contributed by atoms with Crippen molar-refractivity contribution in [3.8, 4) is 0 Å². The van der Waals surface area contributed by atoms with Crippen LogP contribution in [-0.4, -0.2) is 81.9 Å². The summed E-state index contributed by atoms with van der Waals surface area (Å²) in [7, 11) is 3.36. The highest BCUT2D eigenvalue weighted by atomic mass is 16.6. The number of carbonyl (C=O) groups is 2. The average molecular weight is 440 g/mol. The van der Waals surface area contributed by atoms with Crippen LogP contribution in [0.2, 0.25) is 0 Å². The van der Waals surface area contributed by atoms with Crippen LogP contribution in [0.15, 0.2) is 11.6 Å². The van der Waals surface area contributed by atoms with E-state index in [1.54, 1.807) is 14.2 Å². The van der Waals surface area contributed by atoms with Gasteiger partial charge in [0.25, 0.3) is 0 Å². The quantitative estimate of drug-likeness (QED) is 0.266. The van der Waals surface area contributed by atoms with Crippen LogP contribution in [0.1, 0.15) is 40.0 Å². The maximum Gasteiger partial charge on any atom is 0.407 e. The molecule has 2 heterocycles. The van der Waals surface area contributed by atoms with Gasteiger partial charge in [-0.15, -0.1) is 0 Å². The molecule has 1 spiro atoms. The van der Waals surface area contributed by atoms with E-state index in [-0.39, 0.29) is 47.9 Å². The Labute approximate surface area is 184 Å². The molecule has 0 aromatic carbocycles. The molecular weight excluding hydrogens is 402 g/mol. The van der Waals surface area contributed by atoms with E-state index < -0.39 is 6.09 Å². The Bertz CT molecular complexity index is 691.